The molecule has 1 aliphatic rings. The Morgan fingerprint density at radius 2 is 1.35 bits per heavy atom. The van der Waals surface area contributed by atoms with Gasteiger partial charge in [0.15, 0.2) is 0 Å². The largest absolute Gasteiger partial charge is 0.192 e. The Morgan fingerprint density at radius 3 is 2.00 bits per heavy atom. The van der Waals surface area contributed by atoms with Crippen molar-refractivity contribution in [2.75, 3.05) is 0 Å². The van der Waals surface area contributed by atoms with Crippen LogP contribution in [-0.2, 0) is 6.42 Å². The van der Waals surface area contributed by atoms with Crippen molar-refractivity contribution in [2.45, 2.75) is 110 Å². The van der Waals surface area contributed by atoms with Gasteiger partial charge in [-0.25, -0.2) is 0 Å². The number of nitriles is 2. The van der Waals surface area contributed by atoms with E-state index in [0.717, 1.165) is 41.9 Å². The highest BCUT2D eigenvalue weighted by Gasteiger charge is 2.26. The fraction of sp³-hybridized carbons (Fsp3) is 0.562. The van der Waals surface area contributed by atoms with Crippen LogP contribution in [0.3, 0.4) is 0 Å². The summed E-state index contributed by atoms with van der Waals surface area (Å²) in [4.78, 5) is 0. The molecule has 0 atom stereocenters. The van der Waals surface area contributed by atoms with Crippen LogP contribution in [0.15, 0.2) is 36.4 Å². The summed E-state index contributed by atoms with van der Waals surface area (Å²) in [5.74, 6) is 1.25. The van der Waals surface area contributed by atoms with E-state index >= 15 is 0 Å². The van der Waals surface area contributed by atoms with Crippen molar-refractivity contribution in [1.29, 1.82) is 10.5 Å². The third kappa shape index (κ3) is 6.96. The molecule has 0 spiro atoms. The lowest BCUT2D eigenvalue weighted by atomic mass is 9.75. The number of benzene rings is 2. The summed E-state index contributed by atoms with van der Waals surface area (Å²) in [6, 6.07) is 17.6. The summed E-state index contributed by atoms with van der Waals surface area (Å²) in [5, 5.41) is 20.0. The third-order valence-electron chi connectivity index (χ3n) is 7.80. The van der Waals surface area contributed by atoms with Crippen molar-refractivity contribution < 1.29 is 0 Å². The van der Waals surface area contributed by atoms with Gasteiger partial charge in [-0.3, -0.25) is 0 Å². The summed E-state index contributed by atoms with van der Waals surface area (Å²) in [6.07, 6.45) is 17.7. The second kappa shape index (κ2) is 14.0. The Bertz CT molecular complexity index is 966. The average Bonchev–Trinajstić information content (AvgIpc) is 2.88. The van der Waals surface area contributed by atoms with Crippen LogP contribution in [0.5, 0.6) is 0 Å². The van der Waals surface area contributed by atoms with Crippen LogP contribution in [0, 0.1) is 28.6 Å². The predicted molar refractivity (Wildman–Crippen MR) is 143 cm³/mol. The fourth-order valence-electron chi connectivity index (χ4n) is 5.66. The highest BCUT2D eigenvalue weighted by molar-refractivity contribution is 5.75. The van der Waals surface area contributed by atoms with E-state index in [4.69, 9.17) is 0 Å². The van der Waals surface area contributed by atoms with Crippen LogP contribution in [0.2, 0.25) is 0 Å². The zero-order valence-electron chi connectivity index (χ0n) is 21.4. The van der Waals surface area contributed by atoms with Gasteiger partial charge in [0.05, 0.1) is 11.1 Å². The maximum atomic E-state index is 10.0. The molecule has 34 heavy (non-hydrogen) atoms. The first-order chi connectivity index (χ1) is 16.7. The lowest BCUT2D eigenvalue weighted by molar-refractivity contribution is 0.302. The Hall–Kier alpha value is -2.58. The molecule has 2 aromatic carbocycles. The number of nitrogens with zero attached hydrogens (tertiary/aromatic N) is 2. The van der Waals surface area contributed by atoms with Crippen molar-refractivity contribution in [2.24, 2.45) is 5.92 Å². The molecule has 2 nitrogen and oxygen atoms in total. The Morgan fingerprint density at radius 1 is 0.706 bits per heavy atom. The lowest BCUT2D eigenvalue weighted by Gasteiger charge is -2.29. The van der Waals surface area contributed by atoms with Gasteiger partial charge in [-0.1, -0.05) is 102 Å². The van der Waals surface area contributed by atoms with Crippen LogP contribution in [0.4, 0.5) is 0 Å². The van der Waals surface area contributed by atoms with Crippen LogP contribution < -0.4 is 0 Å². The molecular weight excluding hydrogens is 412 g/mol. The topological polar surface area (TPSA) is 47.6 Å². The number of unbranched alkanes of at least 4 members (excludes halogenated alkanes) is 6. The second-order valence-corrected chi connectivity index (χ2v) is 10.3. The molecule has 1 saturated carbocycles. The first-order valence-corrected chi connectivity index (χ1v) is 13.8. The molecule has 180 valence electrons. The van der Waals surface area contributed by atoms with E-state index in [2.05, 4.69) is 62.4 Å². The quantitative estimate of drug-likeness (QED) is 0.300. The van der Waals surface area contributed by atoms with Gasteiger partial charge in [0.1, 0.15) is 12.1 Å². The molecule has 1 fully saturated rings. The average molecular weight is 455 g/mol. The van der Waals surface area contributed by atoms with E-state index in [9.17, 15) is 10.5 Å². The fourth-order valence-corrected chi connectivity index (χ4v) is 5.66. The molecule has 0 saturated heterocycles. The monoisotopic (exact) mass is 454 g/mol. The number of aryl methyl sites for hydroxylation is 1. The Kier molecular flexibility index (Phi) is 10.7. The summed E-state index contributed by atoms with van der Waals surface area (Å²) >= 11 is 0. The minimum atomic E-state index is 0.410. The second-order valence-electron chi connectivity index (χ2n) is 10.3. The molecule has 2 aromatic rings. The van der Waals surface area contributed by atoms with Crippen molar-refractivity contribution in [1.82, 2.24) is 0 Å². The smallest absolute Gasteiger partial charge is 0.101 e. The van der Waals surface area contributed by atoms with Gasteiger partial charge < -0.3 is 0 Å². The zero-order chi connectivity index (χ0) is 24.2. The normalized spacial score (nSPS) is 17.8. The van der Waals surface area contributed by atoms with Gasteiger partial charge in [0.25, 0.3) is 0 Å². The van der Waals surface area contributed by atoms with E-state index in [1.54, 1.807) is 0 Å². The molecule has 0 amide bonds. The van der Waals surface area contributed by atoms with Gasteiger partial charge >= 0.3 is 0 Å². The number of hydrogen-bond donors (Lipinski definition) is 0. The first kappa shape index (κ1) is 26.0. The summed E-state index contributed by atoms with van der Waals surface area (Å²) in [5.41, 5.74) is 5.54. The molecule has 0 bridgehead atoms. The third-order valence-corrected chi connectivity index (χ3v) is 7.80. The van der Waals surface area contributed by atoms with Crippen molar-refractivity contribution in [3.8, 4) is 23.3 Å². The molecule has 0 radical (unpaired) electrons. The van der Waals surface area contributed by atoms with E-state index in [1.165, 1.54) is 76.2 Å². The van der Waals surface area contributed by atoms with Gasteiger partial charge in [-0.15, -0.1) is 0 Å². The molecule has 0 aromatic heterocycles. The first-order valence-electron chi connectivity index (χ1n) is 13.8. The van der Waals surface area contributed by atoms with E-state index in [1.807, 2.05) is 0 Å². The van der Waals surface area contributed by atoms with E-state index < -0.39 is 0 Å². The Balaban J connectivity index is 1.70. The molecular formula is C32H42N2. The van der Waals surface area contributed by atoms with Crippen molar-refractivity contribution >= 4 is 0 Å². The van der Waals surface area contributed by atoms with E-state index in [-0.39, 0.29) is 0 Å². The molecule has 0 unspecified atom stereocenters. The molecule has 1 aliphatic carbocycles. The molecule has 0 heterocycles. The molecule has 3 rings (SSSR count). The zero-order valence-corrected chi connectivity index (χ0v) is 21.4. The standard InChI is InChI=1S/C32H42N2/c1-3-5-7-8-10-12-26-15-19-28(20-16-26)30-22-21-29(31(23-33)32(30)24-34)27-17-13-25(14-18-27)11-9-6-4-2/h15-16,19-22,25,27H,3-14,17-18H2,1-2H3. The number of rotatable bonds is 12. The maximum absolute atomic E-state index is 10.0. The number of hydrogen-bond acceptors (Lipinski definition) is 2. The Labute approximate surface area is 208 Å². The van der Waals surface area contributed by atoms with Crippen LogP contribution in [0.25, 0.3) is 11.1 Å². The maximum Gasteiger partial charge on any atom is 0.101 e. The predicted octanol–water partition coefficient (Wildman–Crippen LogP) is 9.46. The van der Waals surface area contributed by atoms with Crippen molar-refractivity contribution in [3.63, 3.8) is 0 Å². The van der Waals surface area contributed by atoms with Gasteiger partial charge in [-0.05, 0) is 67.1 Å². The highest BCUT2D eigenvalue weighted by Crippen LogP contribution is 2.41. The molecule has 2 heteroatoms. The van der Waals surface area contributed by atoms with Crippen LogP contribution >= 0.6 is 0 Å². The van der Waals surface area contributed by atoms with Crippen LogP contribution in [0.1, 0.15) is 125 Å². The van der Waals surface area contributed by atoms with Crippen LogP contribution in [-0.4, -0.2) is 0 Å². The molecule has 0 N–H and O–H groups in total. The van der Waals surface area contributed by atoms with E-state index in [0.29, 0.717) is 17.0 Å². The lowest BCUT2D eigenvalue weighted by Crippen LogP contribution is -2.15. The minimum absolute atomic E-state index is 0.410. The van der Waals surface area contributed by atoms with Gasteiger partial charge in [-0.2, -0.15) is 10.5 Å². The summed E-state index contributed by atoms with van der Waals surface area (Å²) in [6.45, 7) is 4.51. The van der Waals surface area contributed by atoms with Gasteiger partial charge in [0, 0.05) is 5.56 Å². The highest BCUT2D eigenvalue weighted by atomic mass is 14.3. The molecule has 0 aliphatic heterocycles. The summed E-state index contributed by atoms with van der Waals surface area (Å²) in [7, 11) is 0. The van der Waals surface area contributed by atoms with Crippen molar-refractivity contribution in [3.05, 3.63) is 58.7 Å². The minimum Gasteiger partial charge on any atom is -0.192 e. The summed E-state index contributed by atoms with van der Waals surface area (Å²) < 4.78 is 0. The van der Waals surface area contributed by atoms with Gasteiger partial charge in [0.2, 0.25) is 0 Å². The SMILES string of the molecule is CCCCCCCc1ccc(-c2ccc(C3CCC(CCCCC)CC3)c(C#N)c2C#N)cc1.